The maximum Gasteiger partial charge on any atom is 0.407 e. The fourth-order valence-electron chi connectivity index (χ4n) is 0.783. The molecule has 4 heteroatoms. The fourth-order valence-corrected chi connectivity index (χ4v) is 0.783. The summed E-state index contributed by atoms with van der Waals surface area (Å²) in [5, 5.41) is 11.8. The number of rotatable bonds is 1. The Labute approximate surface area is 59.2 Å². The van der Waals surface area contributed by atoms with Gasteiger partial charge in [-0.3, -0.25) is 0 Å². The lowest BCUT2D eigenvalue weighted by molar-refractivity contribution is -0.0320. The summed E-state index contributed by atoms with van der Waals surface area (Å²) in [6, 6.07) is 0. The lowest BCUT2D eigenvalue weighted by Crippen LogP contribution is -2.38. The fraction of sp³-hybridized carbons (Fsp3) is 0.833. The van der Waals surface area contributed by atoms with Gasteiger partial charge in [0.2, 0.25) is 0 Å². The van der Waals surface area contributed by atoms with Crippen LogP contribution in [0.1, 0.15) is 13.8 Å². The molecule has 58 valence electrons. The Kier molecular flexibility index (Phi) is 1.56. The number of nitrogens with one attached hydrogen (secondary N) is 1. The van der Waals surface area contributed by atoms with Gasteiger partial charge in [0.15, 0.2) is 0 Å². The smallest absolute Gasteiger partial charge is 0.407 e. The molecule has 1 heterocycles. The molecule has 1 fully saturated rings. The molecule has 4 nitrogen and oxygen atoms in total. The van der Waals surface area contributed by atoms with Gasteiger partial charge in [0.05, 0.1) is 12.1 Å². The predicted octanol–water partition coefficient (Wildman–Crippen LogP) is -0.134. The molecule has 1 aliphatic rings. The van der Waals surface area contributed by atoms with Crippen LogP contribution in [0.4, 0.5) is 4.79 Å². The molecule has 1 aliphatic heterocycles. The zero-order chi connectivity index (χ0) is 7.78. The van der Waals surface area contributed by atoms with Gasteiger partial charge >= 0.3 is 6.09 Å². The van der Waals surface area contributed by atoms with E-state index in [9.17, 15) is 9.90 Å². The van der Waals surface area contributed by atoms with E-state index in [-0.39, 0.29) is 0 Å². The highest BCUT2D eigenvalue weighted by Gasteiger charge is 2.34. The normalized spacial score (nSPS) is 25.9. The molecule has 1 saturated heterocycles. The molecule has 10 heavy (non-hydrogen) atoms. The molecule has 0 bridgehead atoms. The van der Waals surface area contributed by atoms with E-state index in [0.29, 0.717) is 6.54 Å². The average Bonchev–Trinajstić information content (AvgIpc) is 2.11. The number of carbonyl (C=O) groups excluding carboxylic acids is 1. The minimum absolute atomic E-state index is 0.391. The van der Waals surface area contributed by atoms with E-state index in [1.54, 1.807) is 13.8 Å². The second kappa shape index (κ2) is 2.12. The van der Waals surface area contributed by atoms with E-state index in [4.69, 9.17) is 4.74 Å². The minimum atomic E-state index is -0.945. The molecule has 0 aromatic heterocycles. The highest BCUT2D eigenvalue weighted by Crippen LogP contribution is 2.15. The van der Waals surface area contributed by atoms with Crippen LogP contribution in [0.5, 0.6) is 0 Å². The van der Waals surface area contributed by atoms with Crippen LogP contribution < -0.4 is 5.32 Å². The van der Waals surface area contributed by atoms with E-state index in [1.807, 2.05) is 0 Å². The summed E-state index contributed by atoms with van der Waals surface area (Å²) in [4.78, 5) is 10.5. The molecular weight excluding hydrogens is 134 g/mol. The molecule has 0 radical (unpaired) electrons. The summed E-state index contributed by atoms with van der Waals surface area (Å²) < 4.78 is 4.73. The number of carbonyl (C=O) groups is 1. The zero-order valence-corrected chi connectivity index (χ0v) is 6.05. The number of hydrogen-bond donors (Lipinski definition) is 2. The summed E-state index contributed by atoms with van der Waals surface area (Å²) in [7, 11) is 0. The summed E-state index contributed by atoms with van der Waals surface area (Å²) in [5.41, 5.74) is -0.945. The largest absolute Gasteiger partial charge is 0.441 e. The van der Waals surface area contributed by atoms with Crippen LogP contribution in [0.15, 0.2) is 0 Å². The number of alkyl carbamates (subject to hydrolysis) is 1. The Morgan fingerprint density at radius 3 is 2.60 bits per heavy atom. The molecule has 0 spiro atoms. The van der Waals surface area contributed by atoms with Crippen molar-refractivity contribution >= 4 is 6.09 Å². The second-order valence-electron chi connectivity index (χ2n) is 2.93. The maximum atomic E-state index is 10.5. The van der Waals surface area contributed by atoms with Crippen molar-refractivity contribution in [2.45, 2.75) is 25.6 Å². The van der Waals surface area contributed by atoms with Crippen molar-refractivity contribution in [1.82, 2.24) is 5.32 Å². The van der Waals surface area contributed by atoms with Crippen LogP contribution in [0.25, 0.3) is 0 Å². The first-order chi connectivity index (χ1) is 4.50. The maximum absolute atomic E-state index is 10.5. The third-order valence-electron chi connectivity index (χ3n) is 1.47. The van der Waals surface area contributed by atoms with Gasteiger partial charge in [-0.2, -0.15) is 0 Å². The van der Waals surface area contributed by atoms with Gasteiger partial charge in [-0.15, -0.1) is 0 Å². The van der Waals surface area contributed by atoms with Crippen LogP contribution in [0, 0.1) is 0 Å². The zero-order valence-electron chi connectivity index (χ0n) is 6.05. The lowest BCUT2D eigenvalue weighted by atomic mass is 10.0. The van der Waals surface area contributed by atoms with Gasteiger partial charge in [-0.05, 0) is 13.8 Å². The Bertz CT molecular complexity index is 150. The van der Waals surface area contributed by atoms with Crippen molar-refractivity contribution in [3.05, 3.63) is 0 Å². The van der Waals surface area contributed by atoms with Crippen LogP contribution in [0.3, 0.4) is 0 Å². The summed E-state index contributed by atoms with van der Waals surface area (Å²) in [6.07, 6.45) is -0.868. The number of ether oxygens (including phenoxy) is 1. The molecule has 1 amide bonds. The van der Waals surface area contributed by atoms with Crippen molar-refractivity contribution in [2.75, 3.05) is 6.54 Å². The Balaban J connectivity index is 2.53. The van der Waals surface area contributed by atoms with Gasteiger partial charge < -0.3 is 15.2 Å². The van der Waals surface area contributed by atoms with Crippen LogP contribution >= 0.6 is 0 Å². The SMILES string of the molecule is CC(C)(O)C1CNC(=O)O1. The third-order valence-corrected chi connectivity index (χ3v) is 1.47. The Morgan fingerprint density at radius 2 is 2.40 bits per heavy atom. The predicted molar refractivity (Wildman–Crippen MR) is 34.6 cm³/mol. The molecule has 0 aromatic carbocycles. The van der Waals surface area contributed by atoms with Crippen molar-refractivity contribution in [2.24, 2.45) is 0 Å². The standard InChI is InChI=1S/C6H11NO3/c1-6(2,9)4-3-7-5(8)10-4/h4,9H,3H2,1-2H3,(H,7,8). The van der Waals surface area contributed by atoms with Crippen LogP contribution in [0.2, 0.25) is 0 Å². The lowest BCUT2D eigenvalue weighted by Gasteiger charge is -2.22. The topological polar surface area (TPSA) is 58.6 Å². The quantitative estimate of drug-likeness (QED) is 0.540. The molecule has 1 atom stereocenters. The molecule has 0 aromatic rings. The first-order valence-corrected chi connectivity index (χ1v) is 3.17. The van der Waals surface area contributed by atoms with E-state index >= 15 is 0 Å². The van der Waals surface area contributed by atoms with Gasteiger partial charge in [-0.25, -0.2) is 4.79 Å². The first kappa shape index (κ1) is 7.34. The van der Waals surface area contributed by atoms with E-state index in [2.05, 4.69) is 5.32 Å². The monoisotopic (exact) mass is 145 g/mol. The first-order valence-electron chi connectivity index (χ1n) is 3.17. The van der Waals surface area contributed by atoms with E-state index < -0.39 is 17.8 Å². The summed E-state index contributed by atoms with van der Waals surface area (Å²) >= 11 is 0. The van der Waals surface area contributed by atoms with E-state index in [0.717, 1.165) is 0 Å². The third kappa shape index (κ3) is 1.39. The summed E-state index contributed by atoms with van der Waals surface area (Å²) in [6.45, 7) is 3.61. The summed E-state index contributed by atoms with van der Waals surface area (Å²) in [5.74, 6) is 0. The van der Waals surface area contributed by atoms with Crippen molar-refractivity contribution in [1.29, 1.82) is 0 Å². The molecule has 1 rings (SSSR count). The number of cyclic esters (lactones) is 1. The van der Waals surface area contributed by atoms with Crippen molar-refractivity contribution in [3.63, 3.8) is 0 Å². The van der Waals surface area contributed by atoms with Crippen LogP contribution in [-0.4, -0.2) is 29.4 Å². The minimum Gasteiger partial charge on any atom is -0.441 e. The van der Waals surface area contributed by atoms with Crippen molar-refractivity contribution < 1.29 is 14.6 Å². The van der Waals surface area contributed by atoms with Gasteiger partial charge in [0, 0.05) is 0 Å². The highest BCUT2D eigenvalue weighted by molar-refractivity contribution is 5.69. The Morgan fingerprint density at radius 1 is 1.80 bits per heavy atom. The van der Waals surface area contributed by atoms with Gasteiger partial charge in [0.25, 0.3) is 0 Å². The average molecular weight is 145 g/mol. The van der Waals surface area contributed by atoms with E-state index in [1.165, 1.54) is 0 Å². The molecule has 1 unspecified atom stereocenters. The van der Waals surface area contributed by atoms with Crippen molar-refractivity contribution in [3.8, 4) is 0 Å². The number of amides is 1. The number of hydrogen-bond acceptors (Lipinski definition) is 3. The molecule has 0 saturated carbocycles. The van der Waals surface area contributed by atoms with Gasteiger partial charge in [0.1, 0.15) is 6.10 Å². The molecule has 2 N–H and O–H groups in total. The number of aliphatic hydroxyl groups is 1. The van der Waals surface area contributed by atoms with Crippen LogP contribution in [-0.2, 0) is 4.74 Å². The van der Waals surface area contributed by atoms with Gasteiger partial charge in [-0.1, -0.05) is 0 Å². The second-order valence-corrected chi connectivity index (χ2v) is 2.93. The highest BCUT2D eigenvalue weighted by atomic mass is 16.6. The Hall–Kier alpha value is -0.770. The molecular formula is C6H11NO3. The molecule has 0 aliphatic carbocycles.